The fourth-order valence-electron chi connectivity index (χ4n) is 2.76. The molecule has 29 heavy (non-hydrogen) atoms. The molecule has 0 spiro atoms. The molecule has 2 heterocycles. The molecule has 0 aliphatic carbocycles. The fourth-order valence-corrected chi connectivity index (χ4v) is 5.81. The number of aryl methyl sites for hydroxylation is 1. The number of rotatable bonds is 8. The fraction of sp³-hybridized carbons (Fsp3) is 0.278. The third-order valence-electron chi connectivity index (χ3n) is 4.23. The normalized spacial score (nSPS) is 11.7. The summed E-state index contributed by atoms with van der Waals surface area (Å²) in [7, 11) is -1.99. The molecule has 0 atom stereocenters. The summed E-state index contributed by atoms with van der Waals surface area (Å²) in [5, 5.41) is 10.7. The first kappa shape index (κ1) is 21.5. The van der Waals surface area contributed by atoms with Gasteiger partial charge < -0.3 is 9.88 Å². The maximum atomic E-state index is 12.9. The van der Waals surface area contributed by atoms with E-state index in [2.05, 4.69) is 15.5 Å². The van der Waals surface area contributed by atoms with E-state index in [1.165, 1.54) is 44.2 Å². The van der Waals surface area contributed by atoms with Gasteiger partial charge in [0.15, 0.2) is 4.34 Å². The van der Waals surface area contributed by atoms with Crippen molar-refractivity contribution < 1.29 is 13.2 Å². The Kier molecular flexibility index (Phi) is 6.73. The molecule has 0 saturated carbocycles. The van der Waals surface area contributed by atoms with Gasteiger partial charge in [-0.15, -0.1) is 10.2 Å². The van der Waals surface area contributed by atoms with E-state index in [0.29, 0.717) is 18.8 Å². The highest BCUT2D eigenvalue weighted by Gasteiger charge is 2.25. The van der Waals surface area contributed by atoms with Crippen LogP contribution in [-0.4, -0.2) is 46.5 Å². The predicted molar refractivity (Wildman–Crippen MR) is 114 cm³/mol. The Balaban J connectivity index is 1.85. The minimum atomic E-state index is -3.64. The Bertz CT molecular complexity index is 1090. The van der Waals surface area contributed by atoms with Crippen LogP contribution in [0.5, 0.6) is 0 Å². The highest BCUT2D eigenvalue weighted by molar-refractivity contribution is 8.01. The van der Waals surface area contributed by atoms with Crippen LogP contribution < -0.4 is 5.32 Å². The quantitative estimate of drug-likeness (QED) is 0.564. The van der Waals surface area contributed by atoms with Crippen molar-refractivity contribution in [2.75, 3.05) is 18.4 Å². The van der Waals surface area contributed by atoms with Gasteiger partial charge in [0.05, 0.1) is 5.69 Å². The maximum Gasteiger partial charge on any atom is 0.272 e. The second kappa shape index (κ2) is 9.08. The van der Waals surface area contributed by atoms with Gasteiger partial charge >= 0.3 is 0 Å². The minimum Gasteiger partial charge on any atom is -0.345 e. The lowest BCUT2D eigenvalue weighted by molar-refractivity contribution is 0.101. The molecular formula is C18H21N5O3S3. The topological polar surface area (TPSA) is 97.2 Å². The second-order valence-electron chi connectivity index (χ2n) is 6.02. The monoisotopic (exact) mass is 451 g/mol. The Morgan fingerprint density at radius 2 is 2.00 bits per heavy atom. The van der Waals surface area contributed by atoms with E-state index >= 15 is 0 Å². The molecule has 1 N–H and O–H groups in total. The van der Waals surface area contributed by atoms with Crippen molar-refractivity contribution >= 4 is 44.7 Å². The lowest BCUT2D eigenvalue weighted by Crippen LogP contribution is -2.30. The molecule has 11 heteroatoms. The molecule has 1 amide bonds. The average Bonchev–Trinajstić information content (AvgIpc) is 3.34. The van der Waals surface area contributed by atoms with Crippen LogP contribution in [-0.2, 0) is 17.1 Å². The van der Waals surface area contributed by atoms with Gasteiger partial charge in [-0.05, 0) is 18.2 Å². The van der Waals surface area contributed by atoms with E-state index in [4.69, 9.17) is 0 Å². The van der Waals surface area contributed by atoms with Crippen molar-refractivity contribution in [1.82, 2.24) is 19.1 Å². The Morgan fingerprint density at radius 1 is 1.28 bits per heavy atom. The van der Waals surface area contributed by atoms with Gasteiger partial charge in [-0.2, -0.15) is 4.31 Å². The molecule has 3 rings (SSSR count). The number of aromatic nitrogens is 3. The van der Waals surface area contributed by atoms with Crippen molar-refractivity contribution in [2.24, 2.45) is 7.05 Å². The van der Waals surface area contributed by atoms with Gasteiger partial charge in [0.1, 0.15) is 16.1 Å². The highest BCUT2D eigenvalue weighted by Crippen LogP contribution is 2.34. The Morgan fingerprint density at radius 3 is 2.66 bits per heavy atom. The first-order valence-corrected chi connectivity index (χ1v) is 12.0. The molecule has 0 aliphatic rings. The minimum absolute atomic E-state index is 0.102. The van der Waals surface area contributed by atoms with Gasteiger partial charge in [0, 0.05) is 31.2 Å². The molecule has 154 valence electrons. The summed E-state index contributed by atoms with van der Waals surface area (Å²) in [4.78, 5) is 13.8. The van der Waals surface area contributed by atoms with Crippen LogP contribution >= 0.6 is 23.1 Å². The number of nitrogens with one attached hydrogen (secondary N) is 1. The van der Waals surface area contributed by atoms with Crippen molar-refractivity contribution in [2.45, 2.75) is 28.0 Å². The lowest BCUT2D eigenvalue weighted by atomic mass is 10.3. The van der Waals surface area contributed by atoms with Crippen LogP contribution in [0.1, 0.15) is 24.3 Å². The zero-order chi connectivity index (χ0) is 21.0. The van der Waals surface area contributed by atoms with Crippen LogP contribution in [0.2, 0.25) is 0 Å². The van der Waals surface area contributed by atoms with Crippen molar-refractivity contribution in [3.05, 3.63) is 47.7 Å². The van der Waals surface area contributed by atoms with Crippen molar-refractivity contribution in [3.63, 3.8) is 0 Å². The van der Waals surface area contributed by atoms with Crippen molar-refractivity contribution in [1.29, 1.82) is 0 Å². The summed E-state index contributed by atoms with van der Waals surface area (Å²) in [6, 6.07) is 8.77. The summed E-state index contributed by atoms with van der Waals surface area (Å²) < 4.78 is 29.1. The smallest absolute Gasteiger partial charge is 0.272 e. The number of amides is 1. The molecule has 0 aliphatic heterocycles. The van der Waals surface area contributed by atoms with Gasteiger partial charge in [-0.25, -0.2) is 8.42 Å². The van der Waals surface area contributed by atoms with Crippen LogP contribution in [0.4, 0.5) is 5.69 Å². The summed E-state index contributed by atoms with van der Waals surface area (Å²) in [6.45, 7) is 4.30. The van der Waals surface area contributed by atoms with Crippen LogP contribution in [0, 0.1) is 0 Å². The number of nitrogens with zero attached hydrogens (tertiary/aromatic N) is 4. The summed E-state index contributed by atoms with van der Waals surface area (Å²) in [5.74, 6) is -0.390. The first-order chi connectivity index (χ1) is 13.9. The summed E-state index contributed by atoms with van der Waals surface area (Å²) in [6.07, 6.45) is 1.46. The first-order valence-electron chi connectivity index (χ1n) is 8.87. The standard InChI is InChI=1S/C18H21N5O3S3/c1-4-23(5-2)29(25,26)13-10-15(22(3)11-13)17(24)20-14-8-6-7-9-16(14)28-18-21-19-12-27-18/h6-12H,4-5H2,1-3H3,(H,20,24). The molecule has 0 saturated heterocycles. The molecule has 8 nitrogen and oxygen atoms in total. The molecular weight excluding hydrogens is 430 g/mol. The van der Waals surface area contributed by atoms with E-state index in [-0.39, 0.29) is 16.5 Å². The van der Waals surface area contributed by atoms with Crippen LogP contribution in [0.25, 0.3) is 0 Å². The highest BCUT2D eigenvalue weighted by atomic mass is 32.2. The van der Waals surface area contributed by atoms with E-state index in [9.17, 15) is 13.2 Å². The molecule has 3 aromatic rings. The number of sulfonamides is 1. The van der Waals surface area contributed by atoms with E-state index in [0.717, 1.165) is 9.24 Å². The third-order valence-corrected chi connectivity index (χ3v) is 8.10. The Hall–Kier alpha value is -2.21. The van der Waals surface area contributed by atoms with E-state index in [1.54, 1.807) is 32.5 Å². The molecule has 0 radical (unpaired) electrons. The van der Waals surface area contributed by atoms with Crippen LogP contribution in [0.15, 0.2) is 56.2 Å². The molecule has 0 fully saturated rings. The number of hydrogen-bond donors (Lipinski definition) is 1. The Labute approximate surface area is 178 Å². The maximum absolute atomic E-state index is 12.9. The number of hydrogen-bond acceptors (Lipinski definition) is 7. The largest absolute Gasteiger partial charge is 0.345 e. The van der Waals surface area contributed by atoms with Gasteiger partial charge in [-0.3, -0.25) is 4.79 Å². The number of benzene rings is 1. The average molecular weight is 452 g/mol. The molecule has 0 unspecified atom stereocenters. The van der Waals surface area contributed by atoms with Crippen LogP contribution in [0.3, 0.4) is 0 Å². The van der Waals surface area contributed by atoms with Gasteiger partial charge in [0.2, 0.25) is 10.0 Å². The zero-order valence-corrected chi connectivity index (χ0v) is 18.6. The number of anilines is 1. The number of carbonyl (C=O) groups is 1. The number of carbonyl (C=O) groups excluding carboxylic acids is 1. The summed E-state index contributed by atoms with van der Waals surface area (Å²) >= 11 is 2.81. The van der Waals surface area contributed by atoms with E-state index in [1.807, 2.05) is 18.2 Å². The molecule has 2 aromatic heterocycles. The molecule has 0 bridgehead atoms. The third kappa shape index (κ3) is 4.69. The summed E-state index contributed by atoms with van der Waals surface area (Å²) in [5.41, 5.74) is 2.52. The zero-order valence-electron chi connectivity index (χ0n) is 16.2. The lowest BCUT2D eigenvalue weighted by Gasteiger charge is -2.17. The van der Waals surface area contributed by atoms with Gasteiger partial charge in [0.25, 0.3) is 5.91 Å². The SMILES string of the molecule is CCN(CC)S(=O)(=O)c1cc(C(=O)Nc2ccccc2Sc2nncs2)n(C)c1. The number of para-hydroxylation sites is 1. The predicted octanol–water partition coefficient (Wildman–Crippen LogP) is 3.31. The second-order valence-corrected chi connectivity index (χ2v) is 10.1. The van der Waals surface area contributed by atoms with Gasteiger partial charge in [-0.1, -0.05) is 49.1 Å². The van der Waals surface area contributed by atoms with Crippen molar-refractivity contribution in [3.8, 4) is 0 Å². The van der Waals surface area contributed by atoms with E-state index < -0.39 is 10.0 Å². The molecule has 1 aromatic carbocycles.